The Kier molecular flexibility index (Phi) is 4.31. The number of carbonyl (C=O) groups excluding carboxylic acids is 1. The molecule has 0 saturated heterocycles. The van der Waals surface area contributed by atoms with Crippen LogP contribution < -0.4 is 16.0 Å². The van der Waals surface area contributed by atoms with Gasteiger partial charge >= 0.3 is 6.09 Å². The van der Waals surface area contributed by atoms with E-state index in [9.17, 15) is 13.6 Å². The first-order valence-corrected chi connectivity index (χ1v) is 4.99. The van der Waals surface area contributed by atoms with Gasteiger partial charge in [0.05, 0.1) is 10.5 Å². The van der Waals surface area contributed by atoms with E-state index in [-0.39, 0.29) is 5.69 Å². The standard InChI is InChI=1S/C10H9F2N5O3/c11-5-2-1-4(3-6(5)12)17(10(18)19)9(15)7(13)8(14)16-20/h1-3,13,15,20H,(H2,14,16)(H,18,19)/p+2. The summed E-state index contributed by atoms with van der Waals surface area (Å²) in [7, 11) is 0. The second-order valence-corrected chi connectivity index (χ2v) is 3.49. The van der Waals surface area contributed by atoms with Crippen molar-refractivity contribution in [1.82, 2.24) is 0 Å². The lowest BCUT2D eigenvalue weighted by Crippen LogP contribution is -2.58. The molecular weight excluding hydrogens is 276 g/mol. The van der Waals surface area contributed by atoms with Crippen LogP contribution in [0.25, 0.3) is 0 Å². The van der Waals surface area contributed by atoms with Gasteiger partial charge in [0.1, 0.15) is 0 Å². The summed E-state index contributed by atoms with van der Waals surface area (Å²) in [5.74, 6) is -3.91. The molecule has 0 unspecified atom stereocenters. The number of amides is 1. The first-order chi connectivity index (χ1) is 9.29. The molecule has 1 aromatic rings. The molecule has 1 aromatic carbocycles. The van der Waals surface area contributed by atoms with Crippen LogP contribution in [-0.4, -0.2) is 33.8 Å². The van der Waals surface area contributed by atoms with Crippen LogP contribution in [0.4, 0.5) is 19.3 Å². The number of benzene rings is 1. The number of nitrogens with one attached hydrogen (secondary N) is 1. The topological polar surface area (TPSA) is 151 Å². The maximum absolute atomic E-state index is 13.1. The Morgan fingerprint density at radius 1 is 1.45 bits per heavy atom. The van der Waals surface area contributed by atoms with Gasteiger partial charge in [-0.1, -0.05) is 5.16 Å². The zero-order valence-corrected chi connectivity index (χ0v) is 9.89. The minimum atomic E-state index is -1.44. The van der Waals surface area contributed by atoms with Crippen molar-refractivity contribution in [1.29, 1.82) is 5.41 Å². The number of nitrogens with two attached hydrogens (primary N) is 2. The SMILES string of the molecule is N=C(C(=[NH2+])/C(N)=N\O)N(C(=O)[OH2+])c1ccc(F)c(F)c1. The normalized spacial score (nSPS) is 11.0. The molecule has 0 bridgehead atoms. The number of nitrogens with zero attached hydrogens (tertiary/aromatic N) is 2. The Balaban J connectivity index is 3.25. The van der Waals surface area contributed by atoms with Gasteiger partial charge in [-0.15, -0.1) is 0 Å². The number of oxime groups is 1. The molecule has 0 aliphatic rings. The first-order valence-electron chi connectivity index (χ1n) is 4.99. The van der Waals surface area contributed by atoms with E-state index in [4.69, 9.17) is 26.9 Å². The molecule has 8 nitrogen and oxygen atoms in total. The lowest BCUT2D eigenvalue weighted by atomic mass is 10.2. The summed E-state index contributed by atoms with van der Waals surface area (Å²) in [6.45, 7) is 0. The molecule has 0 atom stereocenters. The van der Waals surface area contributed by atoms with E-state index in [0.29, 0.717) is 17.0 Å². The van der Waals surface area contributed by atoms with Gasteiger partial charge in [0.2, 0.25) is 11.7 Å². The molecule has 20 heavy (non-hydrogen) atoms. The highest BCUT2D eigenvalue weighted by atomic mass is 19.2. The second-order valence-electron chi connectivity index (χ2n) is 3.49. The van der Waals surface area contributed by atoms with Gasteiger partial charge < -0.3 is 16.0 Å². The fourth-order valence-corrected chi connectivity index (χ4v) is 1.27. The fourth-order valence-electron chi connectivity index (χ4n) is 1.27. The fraction of sp³-hybridized carbons (Fsp3) is 0. The van der Waals surface area contributed by atoms with Crippen LogP contribution in [0.2, 0.25) is 0 Å². The minimum Gasteiger partial charge on any atom is -0.546 e. The van der Waals surface area contributed by atoms with Crippen molar-refractivity contribution < 1.29 is 29.3 Å². The highest BCUT2D eigenvalue weighted by Gasteiger charge is 2.33. The lowest BCUT2D eigenvalue weighted by molar-refractivity contribution is -0.107. The van der Waals surface area contributed by atoms with Gasteiger partial charge in [-0.05, 0) is 12.1 Å². The van der Waals surface area contributed by atoms with E-state index in [0.717, 1.165) is 6.07 Å². The van der Waals surface area contributed by atoms with Crippen molar-refractivity contribution in [3.05, 3.63) is 29.8 Å². The van der Waals surface area contributed by atoms with Crippen molar-refractivity contribution in [2.45, 2.75) is 0 Å². The van der Waals surface area contributed by atoms with E-state index in [1.165, 1.54) is 0 Å². The quantitative estimate of drug-likeness (QED) is 0.177. The lowest BCUT2D eigenvalue weighted by Gasteiger charge is -2.14. The summed E-state index contributed by atoms with van der Waals surface area (Å²) in [6, 6.07) is 2.29. The highest BCUT2D eigenvalue weighted by molar-refractivity contribution is 6.68. The van der Waals surface area contributed by atoms with Crippen LogP contribution in [-0.2, 0) is 0 Å². The number of anilines is 1. The van der Waals surface area contributed by atoms with Gasteiger partial charge in [-0.25, -0.2) is 14.2 Å². The van der Waals surface area contributed by atoms with Crippen LogP contribution in [0.15, 0.2) is 23.4 Å². The van der Waals surface area contributed by atoms with Crippen LogP contribution in [0.3, 0.4) is 0 Å². The summed E-state index contributed by atoms with van der Waals surface area (Å²) in [5.41, 5.74) is 4.24. The third-order valence-electron chi connectivity index (χ3n) is 2.23. The molecule has 0 saturated carbocycles. The molecule has 0 aliphatic carbocycles. The van der Waals surface area contributed by atoms with E-state index in [1.54, 1.807) is 0 Å². The minimum absolute atomic E-state index is 0.303. The predicted octanol–water partition coefficient (Wildman–Crippen LogP) is -1.46. The highest BCUT2D eigenvalue weighted by Crippen LogP contribution is 2.18. The Hall–Kier alpha value is -3.04. The maximum Gasteiger partial charge on any atom is 0.639 e. The smallest absolute Gasteiger partial charge is 0.546 e. The summed E-state index contributed by atoms with van der Waals surface area (Å²) in [6.07, 6.45) is -1.44. The molecule has 1 rings (SSSR count). The number of hydrogen-bond acceptors (Lipinski definition) is 4. The Morgan fingerprint density at radius 3 is 2.50 bits per heavy atom. The molecular formula is C10H11F2N5O3+2. The molecule has 0 heterocycles. The Morgan fingerprint density at radius 2 is 2.05 bits per heavy atom. The molecule has 0 aromatic heterocycles. The van der Waals surface area contributed by atoms with E-state index < -0.39 is 35.1 Å². The average molecular weight is 287 g/mol. The molecule has 106 valence electrons. The van der Waals surface area contributed by atoms with Gasteiger partial charge in [0.25, 0.3) is 5.71 Å². The number of hydrogen-bond donors (Lipinski definition) is 4. The van der Waals surface area contributed by atoms with Crippen molar-refractivity contribution in [2.75, 3.05) is 4.90 Å². The van der Waals surface area contributed by atoms with Crippen molar-refractivity contribution in [2.24, 2.45) is 10.9 Å². The zero-order valence-electron chi connectivity index (χ0n) is 9.89. The Labute approximate surface area is 110 Å². The first kappa shape index (κ1) is 15.0. The predicted molar refractivity (Wildman–Crippen MR) is 65.9 cm³/mol. The zero-order chi connectivity index (χ0) is 15.4. The summed E-state index contributed by atoms with van der Waals surface area (Å²) < 4.78 is 25.9. The van der Waals surface area contributed by atoms with Crippen molar-refractivity contribution >= 4 is 29.2 Å². The number of halogens is 2. The average Bonchev–Trinajstić information content (AvgIpc) is 2.40. The van der Waals surface area contributed by atoms with Gasteiger partial charge in [0, 0.05) is 6.07 Å². The van der Waals surface area contributed by atoms with Gasteiger partial charge in [0.15, 0.2) is 11.6 Å². The Bertz CT molecular complexity index is 617. The summed E-state index contributed by atoms with van der Waals surface area (Å²) >= 11 is 0. The molecule has 0 radical (unpaired) electrons. The summed E-state index contributed by atoms with van der Waals surface area (Å²) in [4.78, 5) is 11.6. The van der Waals surface area contributed by atoms with Crippen LogP contribution >= 0.6 is 0 Å². The monoisotopic (exact) mass is 287 g/mol. The molecule has 1 amide bonds. The number of amidine groups is 2. The molecule has 0 aliphatic heterocycles. The molecule has 8 N–H and O–H groups in total. The van der Waals surface area contributed by atoms with Crippen LogP contribution in [0.1, 0.15) is 0 Å². The van der Waals surface area contributed by atoms with Crippen molar-refractivity contribution in [3.63, 3.8) is 0 Å². The van der Waals surface area contributed by atoms with Gasteiger partial charge in [-0.2, -0.15) is 4.90 Å². The van der Waals surface area contributed by atoms with Gasteiger partial charge in [-0.3, -0.25) is 5.41 Å². The number of rotatable bonds is 3. The molecule has 0 spiro atoms. The van der Waals surface area contributed by atoms with Crippen molar-refractivity contribution in [3.8, 4) is 0 Å². The van der Waals surface area contributed by atoms with Crippen LogP contribution in [0.5, 0.6) is 0 Å². The van der Waals surface area contributed by atoms with Crippen LogP contribution in [0, 0.1) is 17.0 Å². The molecule has 10 heteroatoms. The molecule has 0 fully saturated rings. The third-order valence-corrected chi connectivity index (χ3v) is 2.23. The third kappa shape index (κ3) is 2.85. The van der Waals surface area contributed by atoms with E-state index in [2.05, 4.69) is 5.16 Å². The largest absolute Gasteiger partial charge is 0.639 e. The maximum atomic E-state index is 13.1. The number of carbonyl (C=O) groups is 1. The van der Waals surface area contributed by atoms with E-state index in [1.807, 2.05) is 0 Å². The summed E-state index contributed by atoms with van der Waals surface area (Å²) in [5, 5.41) is 31.0. The van der Waals surface area contributed by atoms with E-state index >= 15 is 0 Å². The second kappa shape index (κ2) is 5.73.